The molecular formula is C21H29N5O. The van der Waals surface area contributed by atoms with Crippen molar-refractivity contribution < 1.29 is 4.79 Å². The number of hydrogen-bond acceptors (Lipinski definition) is 4. The average molecular weight is 367 g/mol. The average Bonchev–Trinajstić information content (AvgIpc) is 3.37. The van der Waals surface area contributed by atoms with Gasteiger partial charge < -0.3 is 10.2 Å². The molecule has 1 aliphatic carbocycles. The van der Waals surface area contributed by atoms with E-state index >= 15 is 0 Å². The van der Waals surface area contributed by atoms with Crippen molar-refractivity contribution in [2.75, 3.05) is 36.4 Å². The second-order valence-electron chi connectivity index (χ2n) is 8.10. The quantitative estimate of drug-likeness (QED) is 0.850. The van der Waals surface area contributed by atoms with Crippen molar-refractivity contribution in [3.05, 3.63) is 41.2 Å². The first-order chi connectivity index (χ1) is 13.0. The van der Waals surface area contributed by atoms with Crippen molar-refractivity contribution in [2.24, 2.45) is 0 Å². The van der Waals surface area contributed by atoms with E-state index in [9.17, 15) is 4.79 Å². The molecule has 2 fully saturated rings. The van der Waals surface area contributed by atoms with Crippen LogP contribution in [0.2, 0.25) is 0 Å². The zero-order valence-corrected chi connectivity index (χ0v) is 16.5. The Balaban J connectivity index is 1.47. The molecule has 1 saturated heterocycles. The standard InChI is InChI=1S/C21H29N5O/c1-14(2)25-6-8-26(9-7-25)18-11-15(3)10-17(12-18)23-21(27)19-13-22-24-20(19)16-4-5-16/h10-14,16H,4-9H2,1-3H3,(H,22,24)(H,23,27). The first-order valence-corrected chi connectivity index (χ1v) is 9.96. The Morgan fingerprint density at radius 2 is 1.93 bits per heavy atom. The van der Waals surface area contributed by atoms with Gasteiger partial charge in [-0.3, -0.25) is 14.8 Å². The smallest absolute Gasteiger partial charge is 0.259 e. The molecule has 1 aromatic carbocycles. The van der Waals surface area contributed by atoms with Crippen LogP contribution in [0.4, 0.5) is 11.4 Å². The van der Waals surface area contributed by atoms with Gasteiger partial charge in [0.1, 0.15) is 0 Å². The monoisotopic (exact) mass is 367 g/mol. The van der Waals surface area contributed by atoms with Crippen LogP contribution in [-0.4, -0.2) is 53.2 Å². The van der Waals surface area contributed by atoms with Crippen LogP contribution in [0.15, 0.2) is 24.4 Å². The highest BCUT2D eigenvalue weighted by molar-refractivity contribution is 6.05. The highest BCUT2D eigenvalue weighted by Gasteiger charge is 2.30. The molecule has 2 N–H and O–H groups in total. The minimum atomic E-state index is -0.0770. The summed E-state index contributed by atoms with van der Waals surface area (Å²) in [4.78, 5) is 17.7. The topological polar surface area (TPSA) is 64.3 Å². The molecule has 6 heteroatoms. The lowest BCUT2D eigenvalue weighted by molar-refractivity contribution is 0.102. The number of carbonyl (C=O) groups is 1. The summed E-state index contributed by atoms with van der Waals surface area (Å²) in [5, 5.41) is 10.2. The van der Waals surface area contributed by atoms with Crippen LogP contribution in [0.5, 0.6) is 0 Å². The van der Waals surface area contributed by atoms with Gasteiger partial charge in [0.2, 0.25) is 0 Å². The van der Waals surface area contributed by atoms with E-state index in [4.69, 9.17) is 0 Å². The summed E-state index contributed by atoms with van der Waals surface area (Å²) in [7, 11) is 0. The Bertz CT molecular complexity index is 816. The second-order valence-corrected chi connectivity index (χ2v) is 8.10. The number of anilines is 2. The van der Waals surface area contributed by atoms with Crippen LogP contribution in [0.3, 0.4) is 0 Å². The van der Waals surface area contributed by atoms with Crippen molar-refractivity contribution in [1.82, 2.24) is 15.1 Å². The van der Waals surface area contributed by atoms with Crippen LogP contribution in [0, 0.1) is 6.92 Å². The van der Waals surface area contributed by atoms with Crippen molar-refractivity contribution >= 4 is 17.3 Å². The zero-order valence-electron chi connectivity index (χ0n) is 16.5. The van der Waals surface area contributed by atoms with Crippen molar-refractivity contribution in [1.29, 1.82) is 0 Å². The molecule has 27 heavy (non-hydrogen) atoms. The van der Waals surface area contributed by atoms with E-state index in [0.29, 0.717) is 17.5 Å². The van der Waals surface area contributed by atoms with Gasteiger partial charge in [0.25, 0.3) is 5.91 Å². The van der Waals surface area contributed by atoms with Crippen molar-refractivity contribution in [3.63, 3.8) is 0 Å². The lowest BCUT2D eigenvalue weighted by Crippen LogP contribution is -2.48. The molecule has 1 amide bonds. The molecule has 1 aliphatic heterocycles. The number of nitrogens with zero attached hydrogens (tertiary/aromatic N) is 3. The van der Waals surface area contributed by atoms with Crippen molar-refractivity contribution in [2.45, 2.75) is 45.6 Å². The van der Waals surface area contributed by atoms with Crippen molar-refractivity contribution in [3.8, 4) is 0 Å². The molecular weight excluding hydrogens is 338 g/mol. The minimum absolute atomic E-state index is 0.0770. The lowest BCUT2D eigenvalue weighted by atomic mass is 10.1. The van der Waals surface area contributed by atoms with Gasteiger partial charge in [0.15, 0.2) is 0 Å². The predicted molar refractivity (Wildman–Crippen MR) is 109 cm³/mol. The van der Waals surface area contributed by atoms with E-state index in [0.717, 1.165) is 56.0 Å². The first-order valence-electron chi connectivity index (χ1n) is 9.96. The molecule has 144 valence electrons. The van der Waals surface area contributed by atoms with E-state index in [1.807, 2.05) is 6.07 Å². The number of aromatic nitrogens is 2. The normalized spacial score (nSPS) is 18.1. The van der Waals surface area contributed by atoms with Gasteiger partial charge in [-0.25, -0.2) is 0 Å². The molecule has 0 radical (unpaired) electrons. The fraction of sp³-hybridized carbons (Fsp3) is 0.524. The van der Waals surface area contributed by atoms with E-state index in [1.54, 1.807) is 6.20 Å². The van der Waals surface area contributed by atoms with Gasteiger partial charge in [-0.15, -0.1) is 0 Å². The van der Waals surface area contributed by atoms with Crippen LogP contribution >= 0.6 is 0 Å². The number of H-pyrrole nitrogens is 1. The van der Waals surface area contributed by atoms with E-state index in [1.165, 1.54) is 5.69 Å². The maximum atomic E-state index is 12.8. The number of piperazine rings is 1. The van der Waals surface area contributed by atoms with Crippen LogP contribution in [0.25, 0.3) is 0 Å². The highest BCUT2D eigenvalue weighted by Crippen LogP contribution is 2.40. The molecule has 1 saturated carbocycles. The van der Waals surface area contributed by atoms with Gasteiger partial charge in [-0.05, 0) is 57.4 Å². The molecule has 0 atom stereocenters. The molecule has 0 bridgehead atoms. The number of aryl methyl sites for hydroxylation is 1. The Kier molecular flexibility index (Phi) is 4.91. The zero-order chi connectivity index (χ0) is 19.0. The van der Waals surface area contributed by atoms with Gasteiger partial charge in [0, 0.05) is 49.5 Å². The summed E-state index contributed by atoms with van der Waals surface area (Å²) in [6.45, 7) is 10.8. The van der Waals surface area contributed by atoms with Gasteiger partial charge in [0.05, 0.1) is 17.5 Å². The third-order valence-electron chi connectivity index (χ3n) is 5.63. The molecule has 0 unspecified atom stereocenters. The van der Waals surface area contributed by atoms with Gasteiger partial charge in [-0.1, -0.05) is 0 Å². The maximum absolute atomic E-state index is 12.8. The largest absolute Gasteiger partial charge is 0.369 e. The van der Waals surface area contributed by atoms with Gasteiger partial charge in [-0.2, -0.15) is 5.10 Å². The number of nitrogens with one attached hydrogen (secondary N) is 2. The second kappa shape index (κ2) is 7.35. The summed E-state index contributed by atoms with van der Waals surface area (Å²) in [5.74, 6) is 0.394. The Morgan fingerprint density at radius 1 is 1.19 bits per heavy atom. The number of rotatable bonds is 5. The number of amides is 1. The van der Waals surface area contributed by atoms with E-state index in [2.05, 4.69) is 58.2 Å². The predicted octanol–water partition coefficient (Wildman–Crippen LogP) is 3.38. The summed E-state index contributed by atoms with van der Waals surface area (Å²) < 4.78 is 0. The molecule has 0 spiro atoms. The fourth-order valence-corrected chi connectivity index (χ4v) is 3.87. The third-order valence-corrected chi connectivity index (χ3v) is 5.63. The lowest BCUT2D eigenvalue weighted by Gasteiger charge is -2.38. The Labute approximate surface area is 160 Å². The van der Waals surface area contributed by atoms with E-state index < -0.39 is 0 Å². The molecule has 2 heterocycles. The summed E-state index contributed by atoms with van der Waals surface area (Å²) in [5.41, 5.74) is 4.84. The SMILES string of the molecule is Cc1cc(NC(=O)c2cn[nH]c2C2CC2)cc(N2CCN(C(C)C)CC2)c1. The Morgan fingerprint density at radius 3 is 2.59 bits per heavy atom. The molecule has 1 aromatic heterocycles. The maximum Gasteiger partial charge on any atom is 0.259 e. The summed E-state index contributed by atoms with van der Waals surface area (Å²) >= 11 is 0. The molecule has 2 aliphatic rings. The highest BCUT2D eigenvalue weighted by atomic mass is 16.1. The van der Waals surface area contributed by atoms with E-state index in [-0.39, 0.29) is 5.91 Å². The molecule has 4 rings (SSSR count). The Hall–Kier alpha value is -2.34. The van der Waals surface area contributed by atoms with Gasteiger partial charge >= 0.3 is 0 Å². The van der Waals surface area contributed by atoms with Crippen LogP contribution in [-0.2, 0) is 0 Å². The fourth-order valence-electron chi connectivity index (χ4n) is 3.87. The number of benzene rings is 1. The number of carbonyl (C=O) groups excluding carboxylic acids is 1. The van der Waals surface area contributed by atoms with Crippen LogP contribution < -0.4 is 10.2 Å². The summed E-state index contributed by atoms with van der Waals surface area (Å²) in [6.07, 6.45) is 3.92. The summed E-state index contributed by atoms with van der Waals surface area (Å²) in [6, 6.07) is 6.92. The third kappa shape index (κ3) is 4.00. The number of hydrogen-bond donors (Lipinski definition) is 2. The molecule has 6 nitrogen and oxygen atoms in total. The molecule has 2 aromatic rings. The first kappa shape index (κ1) is 18.0. The number of aromatic amines is 1. The van der Waals surface area contributed by atoms with Crippen LogP contribution in [0.1, 0.15) is 54.2 Å². The minimum Gasteiger partial charge on any atom is -0.369 e.